The Morgan fingerprint density at radius 1 is 1.32 bits per heavy atom. The van der Waals surface area contributed by atoms with E-state index in [0.717, 1.165) is 30.8 Å². The number of pyridine rings is 1. The van der Waals surface area contributed by atoms with E-state index in [0.29, 0.717) is 12.3 Å². The van der Waals surface area contributed by atoms with E-state index in [2.05, 4.69) is 21.5 Å². The van der Waals surface area contributed by atoms with Gasteiger partial charge in [0.05, 0.1) is 18.2 Å². The zero-order valence-corrected chi connectivity index (χ0v) is 12.4. The average Bonchev–Trinajstić information content (AvgIpc) is 3.08. The molecule has 0 bridgehead atoms. The molecule has 2 aromatic heterocycles. The largest absolute Gasteiger partial charge is 0.340 e. The highest BCUT2D eigenvalue weighted by Crippen LogP contribution is 2.39. The molecule has 2 fully saturated rings. The normalized spacial score (nSPS) is 21.3. The standard InChI is InChI=1S/C16H19N5O/c22-16(8-12-2-1-6-17-9-12)20-7-5-14(10-20)21-11-15(18-19-21)13-3-4-13/h1-2,6,9,11,13-14H,3-5,7-8,10H2. The molecule has 4 rings (SSSR count). The van der Waals surface area contributed by atoms with Crippen LogP contribution >= 0.6 is 0 Å². The maximum absolute atomic E-state index is 12.4. The summed E-state index contributed by atoms with van der Waals surface area (Å²) in [6.07, 6.45) is 9.39. The maximum atomic E-state index is 12.4. The highest BCUT2D eigenvalue weighted by molar-refractivity contribution is 5.79. The number of hydrogen-bond acceptors (Lipinski definition) is 4. The van der Waals surface area contributed by atoms with Crippen molar-refractivity contribution in [1.82, 2.24) is 24.9 Å². The first-order chi connectivity index (χ1) is 10.8. The number of carbonyl (C=O) groups is 1. The topological polar surface area (TPSA) is 63.9 Å². The SMILES string of the molecule is O=C(Cc1cccnc1)N1CCC(n2cc(C3CC3)nn2)C1. The Kier molecular flexibility index (Phi) is 3.36. The van der Waals surface area contributed by atoms with Gasteiger partial charge in [-0.2, -0.15) is 0 Å². The van der Waals surface area contributed by atoms with Gasteiger partial charge in [0, 0.05) is 37.6 Å². The zero-order valence-electron chi connectivity index (χ0n) is 12.4. The summed E-state index contributed by atoms with van der Waals surface area (Å²) in [5.41, 5.74) is 2.08. The van der Waals surface area contributed by atoms with Gasteiger partial charge in [-0.3, -0.25) is 9.78 Å². The average molecular weight is 297 g/mol. The molecule has 2 aliphatic rings. The first kappa shape index (κ1) is 13.4. The molecule has 1 atom stereocenters. The van der Waals surface area contributed by atoms with E-state index in [4.69, 9.17) is 0 Å². The van der Waals surface area contributed by atoms with Gasteiger partial charge in [0.25, 0.3) is 0 Å². The molecule has 3 heterocycles. The predicted molar refractivity (Wildman–Crippen MR) is 80.2 cm³/mol. The summed E-state index contributed by atoms with van der Waals surface area (Å²) < 4.78 is 1.95. The van der Waals surface area contributed by atoms with Crippen molar-refractivity contribution >= 4 is 5.91 Å². The van der Waals surface area contributed by atoms with Crippen molar-refractivity contribution < 1.29 is 4.79 Å². The number of nitrogens with zero attached hydrogens (tertiary/aromatic N) is 5. The van der Waals surface area contributed by atoms with E-state index in [1.165, 1.54) is 12.8 Å². The van der Waals surface area contributed by atoms with Gasteiger partial charge in [-0.25, -0.2) is 4.68 Å². The molecule has 0 radical (unpaired) electrons. The summed E-state index contributed by atoms with van der Waals surface area (Å²) in [6.45, 7) is 1.52. The second kappa shape index (κ2) is 5.51. The molecule has 1 saturated heterocycles. The molecule has 1 saturated carbocycles. The van der Waals surface area contributed by atoms with E-state index < -0.39 is 0 Å². The Morgan fingerprint density at radius 3 is 3.00 bits per heavy atom. The van der Waals surface area contributed by atoms with E-state index in [-0.39, 0.29) is 11.9 Å². The lowest BCUT2D eigenvalue weighted by atomic mass is 10.2. The summed E-state index contributed by atoms with van der Waals surface area (Å²) in [5, 5.41) is 8.52. The van der Waals surface area contributed by atoms with Crippen molar-refractivity contribution in [2.24, 2.45) is 0 Å². The number of carbonyl (C=O) groups excluding carboxylic acids is 1. The molecule has 0 aromatic carbocycles. The lowest BCUT2D eigenvalue weighted by Crippen LogP contribution is -2.30. The van der Waals surface area contributed by atoms with Crippen LogP contribution in [0.2, 0.25) is 0 Å². The summed E-state index contributed by atoms with van der Waals surface area (Å²) in [4.78, 5) is 18.4. The van der Waals surface area contributed by atoms with Gasteiger partial charge >= 0.3 is 0 Å². The number of rotatable bonds is 4. The Balaban J connectivity index is 1.37. The Morgan fingerprint density at radius 2 is 2.23 bits per heavy atom. The molecular formula is C16H19N5O. The Labute approximate surface area is 129 Å². The van der Waals surface area contributed by atoms with E-state index in [9.17, 15) is 4.79 Å². The number of hydrogen-bond donors (Lipinski definition) is 0. The van der Waals surface area contributed by atoms with Crippen LogP contribution in [0.5, 0.6) is 0 Å². The summed E-state index contributed by atoms with van der Waals surface area (Å²) >= 11 is 0. The molecule has 1 amide bonds. The fourth-order valence-corrected chi connectivity index (χ4v) is 3.01. The van der Waals surface area contributed by atoms with Gasteiger partial charge in [-0.15, -0.1) is 5.10 Å². The lowest BCUT2D eigenvalue weighted by molar-refractivity contribution is -0.129. The molecule has 1 aliphatic carbocycles. The van der Waals surface area contributed by atoms with Crippen LogP contribution in [0.15, 0.2) is 30.7 Å². The van der Waals surface area contributed by atoms with Crippen molar-refractivity contribution in [1.29, 1.82) is 0 Å². The molecular weight excluding hydrogens is 278 g/mol. The highest BCUT2D eigenvalue weighted by Gasteiger charge is 2.31. The van der Waals surface area contributed by atoms with E-state index in [1.807, 2.05) is 21.7 Å². The number of likely N-dealkylation sites (tertiary alicyclic amines) is 1. The second-order valence-corrected chi connectivity index (χ2v) is 6.22. The summed E-state index contributed by atoms with van der Waals surface area (Å²) in [7, 11) is 0. The minimum absolute atomic E-state index is 0.165. The van der Waals surface area contributed by atoms with Gasteiger partial charge < -0.3 is 4.90 Å². The monoisotopic (exact) mass is 297 g/mol. The minimum atomic E-state index is 0.165. The van der Waals surface area contributed by atoms with Crippen LogP contribution in [0.4, 0.5) is 0 Å². The molecule has 1 aliphatic heterocycles. The molecule has 6 nitrogen and oxygen atoms in total. The third-order valence-electron chi connectivity index (χ3n) is 4.49. The molecule has 1 unspecified atom stereocenters. The molecule has 22 heavy (non-hydrogen) atoms. The fourth-order valence-electron chi connectivity index (χ4n) is 3.01. The van der Waals surface area contributed by atoms with Crippen LogP contribution in [-0.4, -0.2) is 43.9 Å². The van der Waals surface area contributed by atoms with Gasteiger partial charge in [0.2, 0.25) is 5.91 Å². The van der Waals surface area contributed by atoms with E-state index in [1.54, 1.807) is 12.4 Å². The lowest BCUT2D eigenvalue weighted by Gasteiger charge is -2.16. The summed E-state index contributed by atoms with van der Waals surface area (Å²) in [6, 6.07) is 4.07. The van der Waals surface area contributed by atoms with Crippen molar-refractivity contribution in [2.45, 2.75) is 37.6 Å². The first-order valence-corrected chi connectivity index (χ1v) is 7.88. The Bertz CT molecular complexity index is 664. The minimum Gasteiger partial charge on any atom is -0.340 e. The van der Waals surface area contributed by atoms with Crippen LogP contribution in [0.1, 0.15) is 42.5 Å². The Hall–Kier alpha value is -2.24. The number of aromatic nitrogens is 4. The van der Waals surface area contributed by atoms with Gasteiger partial charge in [-0.1, -0.05) is 11.3 Å². The third kappa shape index (κ3) is 2.73. The van der Waals surface area contributed by atoms with Gasteiger partial charge in [-0.05, 0) is 30.9 Å². The van der Waals surface area contributed by atoms with Crippen LogP contribution in [0.3, 0.4) is 0 Å². The quantitative estimate of drug-likeness (QED) is 0.859. The molecule has 0 spiro atoms. The molecule has 6 heteroatoms. The number of amides is 1. The zero-order chi connectivity index (χ0) is 14.9. The molecule has 2 aromatic rings. The molecule has 114 valence electrons. The summed E-state index contributed by atoms with van der Waals surface area (Å²) in [5.74, 6) is 0.788. The first-order valence-electron chi connectivity index (χ1n) is 7.88. The van der Waals surface area contributed by atoms with Crippen molar-refractivity contribution in [3.63, 3.8) is 0 Å². The third-order valence-corrected chi connectivity index (χ3v) is 4.49. The maximum Gasteiger partial charge on any atom is 0.227 e. The van der Waals surface area contributed by atoms with Crippen LogP contribution in [0.25, 0.3) is 0 Å². The van der Waals surface area contributed by atoms with Crippen molar-refractivity contribution in [2.75, 3.05) is 13.1 Å². The van der Waals surface area contributed by atoms with Crippen molar-refractivity contribution in [3.8, 4) is 0 Å². The highest BCUT2D eigenvalue weighted by atomic mass is 16.2. The smallest absolute Gasteiger partial charge is 0.227 e. The fraction of sp³-hybridized carbons (Fsp3) is 0.500. The van der Waals surface area contributed by atoms with Crippen LogP contribution in [0, 0.1) is 0 Å². The van der Waals surface area contributed by atoms with E-state index >= 15 is 0 Å². The van der Waals surface area contributed by atoms with Gasteiger partial charge in [0.15, 0.2) is 0 Å². The van der Waals surface area contributed by atoms with Crippen molar-refractivity contribution in [3.05, 3.63) is 42.0 Å². The second-order valence-electron chi connectivity index (χ2n) is 6.22. The predicted octanol–water partition coefficient (Wildman–Crippen LogP) is 1.57. The van der Waals surface area contributed by atoms with Crippen LogP contribution in [-0.2, 0) is 11.2 Å². The van der Waals surface area contributed by atoms with Gasteiger partial charge in [0.1, 0.15) is 0 Å². The van der Waals surface area contributed by atoms with Crippen LogP contribution < -0.4 is 0 Å². The molecule has 0 N–H and O–H groups in total.